The summed E-state index contributed by atoms with van der Waals surface area (Å²) in [5.74, 6) is 0.364. The van der Waals surface area contributed by atoms with Crippen LogP contribution in [0.3, 0.4) is 0 Å². The van der Waals surface area contributed by atoms with Gasteiger partial charge in [0, 0.05) is 10.9 Å². The molecule has 0 aliphatic carbocycles. The summed E-state index contributed by atoms with van der Waals surface area (Å²) in [7, 11) is 0. The maximum atomic E-state index is 12.7. The van der Waals surface area contributed by atoms with E-state index in [2.05, 4.69) is 0 Å². The third-order valence-corrected chi connectivity index (χ3v) is 3.67. The number of hydrogen-bond donors (Lipinski definition) is 0. The van der Waals surface area contributed by atoms with Crippen molar-refractivity contribution in [3.8, 4) is 0 Å². The molecule has 2 nitrogen and oxygen atoms in total. The fourth-order valence-corrected chi connectivity index (χ4v) is 2.62. The van der Waals surface area contributed by atoms with Crippen LogP contribution in [0.1, 0.15) is 32.8 Å². The molecule has 1 heterocycles. The van der Waals surface area contributed by atoms with Gasteiger partial charge in [0.05, 0.1) is 0 Å². The van der Waals surface area contributed by atoms with Gasteiger partial charge in [-0.15, -0.1) is 0 Å². The van der Waals surface area contributed by atoms with Crippen molar-refractivity contribution in [1.29, 1.82) is 0 Å². The van der Waals surface area contributed by atoms with E-state index in [0.717, 1.165) is 33.2 Å². The van der Waals surface area contributed by atoms with Crippen molar-refractivity contribution >= 4 is 16.8 Å². The SMILES string of the molecule is Cc1cccc(C)c1C(=O)c1cc2cccc(C)c2o1. The van der Waals surface area contributed by atoms with E-state index in [1.54, 1.807) is 0 Å². The Morgan fingerprint density at radius 3 is 2.15 bits per heavy atom. The zero-order valence-corrected chi connectivity index (χ0v) is 11.9. The van der Waals surface area contributed by atoms with Gasteiger partial charge in [-0.2, -0.15) is 0 Å². The molecule has 0 amide bonds. The molecule has 0 unspecified atom stereocenters. The molecule has 20 heavy (non-hydrogen) atoms. The van der Waals surface area contributed by atoms with Crippen molar-refractivity contribution in [3.63, 3.8) is 0 Å². The molecule has 0 saturated heterocycles. The lowest BCUT2D eigenvalue weighted by Crippen LogP contribution is -2.04. The third-order valence-electron chi connectivity index (χ3n) is 3.67. The van der Waals surface area contributed by atoms with E-state index < -0.39 is 0 Å². The second-order valence-electron chi connectivity index (χ2n) is 5.20. The first-order valence-electron chi connectivity index (χ1n) is 6.68. The van der Waals surface area contributed by atoms with Crippen LogP contribution in [0.2, 0.25) is 0 Å². The van der Waals surface area contributed by atoms with Crippen molar-refractivity contribution in [2.24, 2.45) is 0 Å². The van der Waals surface area contributed by atoms with Crippen molar-refractivity contribution in [1.82, 2.24) is 0 Å². The van der Waals surface area contributed by atoms with E-state index in [1.807, 2.05) is 63.2 Å². The highest BCUT2D eigenvalue weighted by atomic mass is 16.3. The van der Waals surface area contributed by atoms with Crippen LogP contribution in [0.25, 0.3) is 11.0 Å². The van der Waals surface area contributed by atoms with Crippen LogP contribution in [-0.2, 0) is 0 Å². The molecule has 1 aromatic heterocycles. The molecule has 3 rings (SSSR count). The maximum Gasteiger partial charge on any atom is 0.228 e. The highest BCUT2D eigenvalue weighted by Crippen LogP contribution is 2.26. The standard InChI is InChI=1S/C18H16O2/c1-11-6-4-7-12(2)16(11)17(19)15-10-14-9-5-8-13(3)18(14)20-15/h4-10H,1-3H3. The summed E-state index contributed by atoms with van der Waals surface area (Å²) in [5.41, 5.74) is 4.54. The average Bonchev–Trinajstić information content (AvgIpc) is 2.84. The van der Waals surface area contributed by atoms with E-state index >= 15 is 0 Å². The first kappa shape index (κ1) is 12.7. The van der Waals surface area contributed by atoms with Crippen LogP contribution in [0.15, 0.2) is 46.9 Å². The number of furan rings is 1. The Morgan fingerprint density at radius 2 is 1.50 bits per heavy atom. The molecule has 0 aliphatic rings. The third kappa shape index (κ3) is 1.94. The van der Waals surface area contributed by atoms with Crippen LogP contribution in [0.5, 0.6) is 0 Å². The van der Waals surface area contributed by atoms with Crippen LogP contribution in [0, 0.1) is 20.8 Å². The Hall–Kier alpha value is -2.35. The normalized spacial score (nSPS) is 10.9. The van der Waals surface area contributed by atoms with Gasteiger partial charge >= 0.3 is 0 Å². The molecule has 0 N–H and O–H groups in total. The minimum Gasteiger partial charge on any atom is -0.452 e. The van der Waals surface area contributed by atoms with Crippen LogP contribution in [0.4, 0.5) is 0 Å². The molecule has 2 aromatic carbocycles. The molecule has 2 heteroatoms. The smallest absolute Gasteiger partial charge is 0.228 e. The van der Waals surface area contributed by atoms with E-state index in [4.69, 9.17) is 4.42 Å². The van der Waals surface area contributed by atoms with Crippen LogP contribution < -0.4 is 0 Å². The molecular weight excluding hydrogens is 248 g/mol. The molecule has 0 radical (unpaired) electrons. The van der Waals surface area contributed by atoms with Gasteiger partial charge in [-0.1, -0.05) is 36.4 Å². The predicted molar refractivity (Wildman–Crippen MR) is 80.3 cm³/mol. The van der Waals surface area contributed by atoms with E-state index in [1.165, 1.54) is 0 Å². The molecule has 0 bridgehead atoms. The minimum atomic E-state index is -0.0452. The number of benzene rings is 2. The first-order chi connectivity index (χ1) is 9.58. The molecule has 3 aromatic rings. The Balaban J connectivity index is 2.16. The quantitative estimate of drug-likeness (QED) is 0.634. The number of carbonyl (C=O) groups is 1. The lowest BCUT2D eigenvalue weighted by Gasteiger charge is -2.06. The Kier molecular flexibility index (Phi) is 2.94. The lowest BCUT2D eigenvalue weighted by atomic mass is 9.98. The summed E-state index contributed by atoms with van der Waals surface area (Å²) in [6.07, 6.45) is 0. The van der Waals surface area contributed by atoms with Gasteiger partial charge in [-0.25, -0.2) is 0 Å². The van der Waals surface area contributed by atoms with Gasteiger partial charge in [-0.05, 0) is 43.5 Å². The summed E-state index contributed by atoms with van der Waals surface area (Å²) in [5, 5.41) is 0.972. The highest BCUT2D eigenvalue weighted by Gasteiger charge is 2.18. The molecule has 0 fully saturated rings. The molecule has 0 atom stereocenters. The number of fused-ring (bicyclic) bond motifs is 1. The van der Waals surface area contributed by atoms with Gasteiger partial charge in [-0.3, -0.25) is 4.79 Å². The van der Waals surface area contributed by atoms with E-state index in [0.29, 0.717) is 5.76 Å². The monoisotopic (exact) mass is 264 g/mol. The van der Waals surface area contributed by atoms with Crippen molar-refractivity contribution in [2.45, 2.75) is 20.8 Å². The average molecular weight is 264 g/mol. The van der Waals surface area contributed by atoms with Crippen LogP contribution >= 0.6 is 0 Å². The molecule has 0 aliphatic heterocycles. The minimum absolute atomic E-state index is 0.0452. The zero-order valence-electron chi connectivity index (χ0n) is 11.9. The van der Waals surface area contributed by atoms with Crippen LogP contribution in [-0.4, -0.2) is 5.78 Å². The fourth-order valence-electron chi connectivity index (χ4n) is 2.62. The predicted octanol–water partition coefficient (Wildman–Crippen LogP) is 4.59. The highest BCUT2D eigenvalue weighted by molar-refractivity contribution is 6.10. The van der Waals surface area contributed by atoms with E-state index in [9.17, 15) is 4.79 Å². The zero-order chi connectivity index (χ0) is 14.3. The van der Waals surface area contributed by atoms with Gasteiger partial charge in [0.15, 0.2) is 5.76 Å². The Morgan fingerprint density at radius 1 is 0.900 bits per heavy atom. The Bertz CT molecular complexity index is 789. The molecule has 100 valence electrons. The lowest BCUT2D eigenvalue weighted by molar-refractivity contribution is 0.101. The fraction of sp³-hybridized carbons (Fsp3) is 0.167. The van der Waals surface area contributed by atoms with Crippen molar-refractivity contribution < 1.29 is 9.21 Å². The number of rotatable bonds is 2. The van der Waals surface area contributed by atoms with Gasteiger partial charge in [0.1, 0.15) is 5.58 Å². The second-order valence-corrected chi connectivity index (χ2v) is 5.20. The topological polar surface area (TPSA) is 30.2 Å². The second kappa shape index (κ2) is 4.64. The number of hydrogen-bond acceptors (Lipinski definition) is 2. The number of aryl methyl sites for hydroxylation is 3. The summed E-state index contributed by atoms with van der Waals surface area (Å²) in [6.45, 7) is 5.89. The number of para-hydroxylation sites is 1. The first-order valence-corrected chi connectivity index (χ1v) is 6.68. The largest absolute Gasteiger partial charge is 0.452 e. The molecule has 0 spiro atoms. The van der Waals surface area contributed by atoms with Gasteiger partial charge in [0.2, 0.25) is 5.78 Å². The summed E-state index contributed by atoms with van der Waals surface area (Å²) in [6, 6.07) is 13.6. The van der Waals surface area contributed by atoms with Gasteiger partial charge in [0.25, 0.3) is 0 Å². The number of ketones is 1. The number of carbonyl (C=O) groups excluding carboxylic acids is 1. The summed E-state index contributed by atoms with van der Waals surface area (Å²) >= 11 is 0. The maximum absolute atomic E-state index is 12.7. The summed E-state index contributed by atoms with van der Waals surface area (Å²) in [4.78, 5) is 12.7. The van der Waals surface area contributed by atoms with Crippen molar-refractivity contribution in [2.75, 3.05) is 0 Å². The van der Waals surface area contributed by atoms with E-state index in [-0.39, 0.29) is 5.78 Å². The Labute approximate surface area is 118 Å². The van der Waals surface area contributed by atoms with Crippen molar-refractivity contribution in [3.05, 3.63) is 70.5 Å². The van der Waals surface area contributed by atoms with Gasteiger partial charge < -0.3 is 4.42 Å². The molecular formula is C18H16O2. The molecule has 0 saturated carbocycles. The summed E-state index contributed by atoms with van der Waals surface area (Å²) < 4.78 is 5.78.